The Morgan fingerprint density at radius 3 is 2.58 bits per heavy atom. The molecule has 0 saturated heterocycles. The summed E-state index contributed by atoms with van der Waals surface area (Å²) in [7, 11) is 0. The highest BCUT2D eigenvalue weighted by Gasteiger charge is 2.08. The summed E-state index contributed by atoms with van der Waals surface area (Å²) in [5.41, 5.74) is 4.34. The summed E-state index contributed by atoms with van der Waals surface area (Å²) in [6.45, 7) is 2.75. The summed E-state index contributed by atoms with van der Waals surface area (Å²) in [5.74, 6) is -0.637. The molecule has 0 bridgehead atoms. The first-order chi connectivity index (χ1) is 12.7. The Labute approximate surface area is 152 Å². The third-order valence-corrected chi connectivity index (χ3v) is 4.15. The minimum Gasteiger partial charge on any atom is -0.381 e. The van der Waals surface area contributed by atoms with Crippen LogP contribution in [-0.4, -0.2) is 5.91 Å². The second kappa shape index (κ2) is 8.30. The maximum Gasteiger partial charge on any atom is 0.255 e. The molecule has 3 rings (SSSR count). The number of carbonyl (C=O) groups excluding carboxylic acids is 1. The zero-order valence-electron chi connectivity index (χ0n) is 14.6. The Hall–Kier alpha value is -3.14. The molecule has 26 heavy (non-hydrogen) atoms. The van der Waals surface area contributed by atoms with E-state index >= 15 is 0 Å². The second-order valence-electron chi connectivity index (χ2n) is 6.03. The van der Waals surface area contributed by atoms with Crippen molar-refractivity contribution in [3.8, 4) is 0 Å². The van der Waals surface area contributed by atoms with E-state index in [1.807, 2.05) is 30.3 Å². The fourth-order valence-corrected chi connectivity index (χ4v) is 2.79. The Morgan fingerprint density at radius 1 is 0.962 bits per heavy atom. The van der Waals surface area contributed by atoms with Crippen LogP contribution in [0.15, 0.2) is 72.8 Å². The van der Waals surface area contributed by atoms with E-state index in [4.69, 9.17) is 0 Å². The number of hydrogen-bond acceptors (Lipinski definition) is 2. The van der Waals surface area contributed by atoms with Crippen molar-refractivity contribution in [3.63, 3.8) is 0 Å². The third-order valence-electron chi connectivity index (χ3n) is 4.15. The number of benzene rings is 3. The molecule has 0 aromatic heterocycles. The van der Waals surface area contributed by atoms with Gasteiger partial charge < -0.3 is 10.6 Å². The highest BCUT2D eigenvalue weighted by Crippen LogP contribution is 2.17. The predicted octanol–water partition coefficient (Wildman–Crippen LogP) is 5.25. The van der Waals surface area contributed by atoms with Crippen LogP contribution in [0.5, 0.6) is 0 Å². The van der Waals surface area contributed by atoms with Gasteiger partial charge in [0.05, 0.1) is 0 Å². The number of rotatable bonds is 6. The summed E-state index contributed by atoms with van der Waals surface area (Å²) in [5, 5.41) is 6.14. The van der Waals surface area contributed by atoms with Crippen molar-refractivity contribution in [1.29, 1.82) is 0 Å². The number of aryl methyl sites for hydroxylation is 1. The van der Waals surface area contributed by atoms with Crippen molar-refractivity contribution in [3.05, 3.63) is 95.3 Å². The Morgan fingerprint density at radius 2 is 1.77 bits per heavy atom. The second-order valence-corrected chi connectivity index (χ2v) is 6.03. The van der Waals surface area contributed by atoms with Crippen molar-refractivity contribution in [2.45, 2.75) is 19.9 Å². The largest absolute Gasteiger partial charge is 0.381 e. The van der Waals surface area contributed by atoms with Gasteiger partial charge in [-0.3, -0.25) is 4.79 Å². The molecule has 4 heteroatoms. The van der Waals surface area contributed by atoms with E-state index in [9.17, 15) is 9.18 Å². The fraction of sp³-hybridized carbons (Fsp3) is 0.136. The molecule has 0 aliphatic rings. The van der Waals surface area contributed by atoms with Crippen LogP contribution in [0.25, 0.3) is 0 Å². The van der Waals surface area contributed by atoms with E-state index in [0.717, 1.165) is 17.7 Å². The third kappa shape index (κ3) is 4.48. The molecule has 3 aromatic rings. The van der Waals surface area contributed by atoms with Crippen LogP contribution < -0.4 is 10.6 Å². The van der Waals surface area contributed by atoms with Crippen LogP contribution >= 0.6 is 0 Å². The molecule has 0 unspecified atom stereocenters. The molecule has 0 radical (unpaired) electrons. The van der Waals surface area contributed by atoms with Crippen molar-refractivity contribution in [1.82, 2.24) is 0 Å². The van der Waals surface area contributed by atoms with Gasteiger partial charge in [-0.05, 0) is 53.9 Å². The lowest BCUT2D eigenvalue weighted by atomic mass is 10.1. The monoisotopic (exact) mass is 348 g/mol. The molecule has 0 aliphatic carbocycles. The van der Waals surface area contributed by atoms with Crippen molar-refractivity contribution >= 4 is 17.3 Å². The number of para-hydroxylation sites is 1. The Kier molecular flexibility index (Phi) is 5.64. The van der Waals surface area contributed by atoms with Crippen molar-refractivity contribution in [2.75, 3.05) is 10.6 Å². The molecule has 1 amide bonds. The summed E-state index contributed by atoms with van der Waals surface area (Å²) >= 11 is 0. The maximum absolute atomic E-state index is 13.2. The molecule has 132 valence electrons. The molecular formula is C22H21FN2O. The highest BCUT2D eigenvalue weighted by molar-refractivity contribution is 6.04. The van der Waals surface area contributed by atoms with Gasteiger partial charge in [-0.25, -0.2) is 4.39 Å². The number of amides is 1. The van der Waals surface area contributed by atoms with Gasteiger partial charge in [-0.15, -0.1) is 0 Å². The molecule has 0 fully saturated rings. The van der Waals surface area contributed by atoms with Gasteiger partial charge in [0.1, 0.15) is 5.82 Å². The van der Waals surface area contributed by atoms with Crippen LogP contribution in [0.4, 0.5) is 15.8 Å². The zero-order valence-corrected chi connectivity index (χ0v) is 14.6. The molecule has 0 spiro atoms. The number of halogens is 1. The van der Waals surface area contributed by atoms with Gasteiger partial charge in [-0.1, -0.05) is 43.3 Å². The van der Waals surface area contributed by atoms with Crippen molar-refractivity contribution < 1.29 is 9.18 Å². The lowest BCUT2D eigenvalue weighted by molar-refractivity contribution is 0.102. The van der Waals surface area contributed by atoms with E-state index in [0.29, 0.717) is 17.8 Å². The Balaban J connectivity index is 1.68. The van der Waals surface area contributed by atoms with Gasteiger partial charge in [0.2, 0.25) is 0 Å². The molecular weight excluding hydrogens is 327 g/mol. The topological polar surface area (TPSA) is 41.1 Å². The van der Waals surface area contributed by atoms with Gasteiger partial charge >= 0.3 is 0 Å². The molecule has 0 saturated carbocycles. The first-order valence-electron chi connectivity index (χ1n) is 8.63. The SMILES string of the molecule is CCc1ccccc1NCc1cccc(C(=O)Nc2cccc(F)c2)c1. The minimum atomic E-state index is -0.379. The normalized spacial score (nSPS) is 10.4. The van der Waals surface area contributed by atoms with Crippen molar-refractivity contribution in [2.24, 2.45) is 0 Å². The van der Waals surface area contributed by atoms with Crippen LogP contribution in [0, 0.1) is 5.82 Å². The van der Waals surface area contributed by atoms with E-state index < -0.39 is 0 Å². The molecule has 0 aliphatic heterocycles. The minimum absolute atomic E-state index is 0.258. The van der Waals surface area contributed by atoms with E-state index in [2.05, 4.69) is 29.7 Å². The standard InChI is InChI=1S/C22H21FN2O/c1-2-17-8-3-4-12-21(17)24-15-16-7-5-9-18(13-16)22(26)25-20-11-6-10-19(23)14-20/h3-14,24H,2,15H2,1H3,(H,25,26). The quantitative estimate of drug-likeness (QED) is 0.638. The van der Waals surface area contributed by atoms with Gasteiger partial charge in [0, 0.05) is 23.5 Å². The average Bonchev–Trinajstić information content (AvgIpc) is 2.67. The smallest absolute Gasteiger partial charge is 0.255 e. The van der Waals surface area contributed by atoms with Gasteiger partial charge in [-0.2, -0.15) is 0 Å². The molecule has 3 nitrogen and oxygen atoms in total. The van der Waals surface area contributed by atoms with Crippen LogP contribution in [0.3, 0.4) is 0 Å². The van der Waals surface area contributed by atoms with Gasteiger partial charge in [0.15, 0.2) is 0 Å². The first kappa shape index (κ1) is 17.7. The predicted molar refractivity (Wildman–Crippen MR) is 104 cm³/mol. The lowest BCUT2D eigenvalue weighted by Crippen LogP contribution is -2.12. The molecule has 3 aromatic carbocycles. The first-order valence-corrected chi connectivity index (χ1v) is 8.63. The van der Waals surface area contributed by atoms with E-state index in [1.165, 1.54) is 17.7 Å². The van der Waals surface area contributed by atoms with Crippen LogP contribution in [-0.2, 0) is 13.0 Å². The summed E-state index contributed by atoms with van der Waals surface area (Å²) in [6, 6.07) is 21.5. The molecule has 2 N–H and O–H groups in total. The molecule has 0 atom stereocenters. The van der Waals surface area contributed by atoms with E-state index in [1.54, 1.807) is 18.2 Å². The number of anilines is 2. The van der Waals surface area contributed by atoms with Crippen LogP contribution in [0.2, 0.25) is 0 Å². The number of hydrogen-bond donors (Lipinski definition) is 2. The maximum atomic E-state index is 13.2. The average molecular weight is 348 g/mol. The highest BCUT2D eigenvalue weighted by atomic mass is 19.1. The summed E-state index contributed by atoms with van der Waals surface area (Å²) in [6.07, 6.45) is 0.958. The Bertz CT molecular complexity index is 908. The number of carbonyl (C=O) groups is 1. The van der Waals surface area contributed by atoms with Gasteiger partial charge in [0.25, 0.3) is 5.91 Å². The fourth-order valence-electron chi connectivity index (χ4n) is 2.79. The number of nitrogens with one attached hydrogen (secondary N) is 2. The van der Waals surface area contributed by atoms with E-state index in [-0.39, 0.29) is 11.7 Å². The summed E-state index contributed by atoms with van der Waals surface area (Å²) < 4.78 is 13.2. The summed E-state index contributed by atoms with van der Waals surface area (Å²) in [4.78, 5) is 12.4. The zero-order chi connectivity index (χ0) is 18.4. The van der Waals surface area contributed by atoms with Crippen LogP contribution in [0.1, 0.15) is 28.4 Å². The molecule has 0 heterocycles. The lowest BCUT2D eigenvalue weighted by Gasteiger charge is -2.12.